The van der Waals surface area contributed by atoms with Crippen molar-refractivity contribution in [2.75, 3.05) is 23.1 Å². The van der Waals surface area contributed by atoms with Crippen LogP contribution in [0.4, 0.5) is 17.1 Å². The molecule has 0 radical (unpaired) electrons. The van der Waals surface area contributed by atoms with Gasteiger partial charge in [0.1, 0.15) is 11.4 Å². The van der Waals surface area contributed by atoms with Crippen molar-refractivity contribution >= 4 is 64.4 Å². The SMILES string of the molecule is COc1ccc(/C=C(\NC(=O)c2ccccc2)C(=O)Nc2ccc(SCC(=O)N3c4ccccc4Sc4ccccc43)cc2)cc1. The highest BCUT2D eigenvalue weighted by Crippen LogP contribution is 2.48. The van der Waals surface area contributed by atoms with E-state index in [-0.39, 0.29) is 17.4 Å². The Kier molecular flexibility index (Phi) is 9.52. The monoisotopic (exact) mass is 643 g/mol. The molecule has 0 saturated carbocycles. The Hall–Kier alpha value is -5.25. The molecule has 0 bridgehead atoms. The van der Waals surface area contributed by atoms with Gasteiger partial charge in [0.25, 0.3) is 11.8 Å². The molecule has 0 atom stereocenters. The lowest BCUT2D eigenvalue weighted by atomic mass is 10.1. The van der Waals surface area contributed by atoms with Gasteiger partial charge in [-0.2, -0.15) is 0 Å². The molecule has 5 aromatic carbocycles. The van der Waals surface area contributed by atoms with E-state index in [9.17, 15) is 14.4 Å². The smallest absolute Gasteiger partial charge is 0.272 e. The lowest BCUT2D eigenvalue weighted by molar-refractivity contribution is -0.115. The number of ether oxygens (including phenoxy) is 1. The molecule has 0 spiro atoms. The summed E-state index contributed by atoms with van der Waals surface area (Å²) in [5.41, 5.74) is 3.55. The van der Waals surface area contributed by atoms with Crippen LogP contribution in [0.2, 0.25) is 0 Å². The Morgan fingerprint density at radius 2 is 1.37 bits per heavy atom. The second-order valence-electron chi connectivity index (χ2n) is 10.2. The number of hydrogen-bond acceptors (Lipinski definition) is 6. The topological polar surface area (TPSA) is 87.7 Å². The van der Waals surface area contributed by atoms with Crippen molar-refractivity contribution in [3.63, 3.8) is 0 Å². The number of anilines is 3. The number of benzene rings is 5. The number of nitrogens with zero attached hydrogens (tertiary/aromatic N) is 1. The number of amides is 3. The Bertz CT molecular complexity index is 1860. The number of carbonyl (C=O) groups is 3. The summed E-state index contributed by atoms with van der Waals surface area (Å²) in [6, 6.07) is 39.0. The van der Waals surface area contributed by atoms with E-state index < -0.39 is 11.8 Å². The van der Waals surface area contributed by atoms with Gasteiger partial charge in [-0.15, -0.1) is 11.8 Å². The second kappa shape index (κ2) is 14.2. The van der Waals surface area contributed by atoms with Gasteiger partial charge in [0.2, 0.25) is 5.91 Å². The maximum atomic E-state index is 13.6. The molecule has 9 heteroatoms. The van der Waals surface area contributed by atoms with E-state index in [0.717, 1.165) is 26.1 Å². The highest BCUT2D eigenvalue weighted by atomic mass is 32.2. The number of rotatable bonds is 9. The van der Waals surface area contributed by atoms with Crippen LogP contribution in [0.15, 0.2) is 148 Å². The van der Waals surface area contributed by atoms with E-state index in [0.29, 0.717) is 22.6 Å². The number of carbonyl (C=O) groups excluding carboxylic acids is 3. The van der Waals surface area contributed by atoms with Gasteiger partial charge in [-0.25, -0.2) is 0 Å². The first-order valence-corrected chi connectivity index (χ1v) is 16.2. The first-order valence-electron chi connectivity index (χ1n) is 14.4. The maximum Gasteiger partial charge on any atom is 0.272 e. The number of methoxy groups -OCH3 is 1. The molecule has 0 aromatic heterocycles. The molecule has 0 fully saturated rings. The summed E-state index contributed by atoms with van der Waals surface area (Å²) in [5, 5.41) is 5.63. The number of hydrogen-bond donors (Lipinski definition) is 2. The van der Waals surface area contributed by atoms with E-state index in [1.165, 1.54) is 11.8 Å². The van der Waals surface area contributed by atoms with Crippen LogP contribution in [0.3, 0.4) is 0 Å². The van der Waals surface area contributed by atoms with Gasteiger partial charge < -0.3 is 15.4 Å². The van der Waals surface area contributed by atoms with Crippen LogP contribution in [0.25, 0.3) is 6.08 Å². The third kappa shape index (κ3) is 7.17. The molecule has 6 rings (SSSR count). The predicted molar refractivity (Wildman–Crippen MR) is 185 cm³/mol. The first kappa shape index (κ1) is 30.8. The Morgan fingerprint density at radius 3 is 2.00 bits per heavy atom. The first-order chi connectivity index (χ1) is 22.5. The van der Waals surface area contributed by atoms with Crippen LogP contribution in [-0.4, -0.2) is 30.6 Å². The Morgan fingerprint density at radius 1 is 0.761 bits per heavy atom. The molecule has 228 valence electrons. The fourth-order valence-electron chi connectivity index (χ4n) is 4.83. The molecule has 2 N–H and O–H groups in total. The van der Waals surface area contributed by atoms with Crippen LogP contribution in [-0.2, 0) is 9.59 Å². The zero-order chi connectivity index (χ0) is 31.9. The minimum Gasteiger partial charge on any atom is -0.497 e. The average molecular weight is 644 g/mol. The highest BCUT2D eigenvalue weighted by Gasteiger charge is 2.27. The third-order valence-electron chi connectivity index (χ3n) is 7.11. The summed E-state index contributed by atoms with van der Waals surface area (Å²) in [6.07, 6.45) is 1.61. The summed E-state index contributed by atoms with van der Waals surface area (Å²) in [7, 11) is 1.58. The van der Waals surface area contributed by atoms with Crippen LogP contribution < -0.4 is 20.3 Å². The standard InChI is InChI=1S/C37H29N3O4S2/c1-44-28-19-15-25(16-20-28)23-30(39-36(42)26-9-3-2-4-10-26)37(43)38-27-17-21-29(22-18-27)45-24-35(41)40-31-11-5-7-13-33(31)46-34-14-8-6-12-32(34)40/h2-23H,24H2,1H3,(H,38,43)(H,39,42)/b30-23-. The number of thioether (sulfide) groups is 1. The molecule has 0 aliphatic carbocycles. The third-order valence-corrected chi connectivity index (χ3v) is 9.24. The van der Waals surface area contributed by atoms with Crippen molar-refractivity contribution in [1.82, 2.24) is 5.32 Å². The average Bonchev–Trinajstić information content (AvgIpc) is 3.10. The molecule has 1 aliphatic rings. The maximum absolute atomic E-state index is 13.6. The van der Waals surface area contributed by atoms with E-state index in [1.54, 1.807) is 90.5 Å². The van der Waals surface area contributed by atoms with Gasteiger partial charge in [0.05, 0.1) is 24.2 Å². The zero-order valence-electron chi connectivity index (χ0n) is 24.8. The van der Waals surface area contributed by atoms with Crippen molar-refractivity contribution in [1.29, 1.82) is 0 Å². The molecule has 3 amide bonds. The molecular formula is C37H29N3O4S2. The van der Waals surface area contributed by atoms with Crippen molar-refractivity contribution in [2.24, 2.45) is 0 Å². The van der Waals surface area contributed by atoms with Crippen molar-refractivity contribution < 1.29 is 19.1 Å². The van der Waals surface area contributed by atoms with Crippen LogP contribution >= 0.6 is 23.5 Å². The molecule has 0 unspecified atom stereocenters. The van der Waals surface area contributed by atoms with Gasteiger partial charge in [-0.1, -0.05) is 66.4 Å². The van der Waals surface area contributed by atoms with Gasteiger partial charge in [-0.3, -0.25) is 19.3 Å². The number of para-hydroxylation sites is 2. The van der Waals surface area contributed by atoms with Gasteiger partial charge in [0.15, 0.2) is 0 Å². The summed E-state index contributed by atoms with van der Waals surface area (Å²) in [5.74, 6) is 0.0189. The minimum atomic E-state index is -0.476. The van der Waals surface area contributed by atoms with Crippen molar-refractivity contribution in [3.05, 3.63) is 144 Å². The molecule has 7 nitrogen and oxygen atoms in total. The molecule has 1 heterocycles. The zero-order valence-corrected chi connectivity index (χ0v) is 26.4. The molecule has 46 heavy (non-hydrogen) atoms. The van der Waals surface area contributed by atoms with Gasteiger partial charge in [0, 0.05) is 25.9 Å². The van der Waals surface area contributed by atoms with Crippen LogP contribution in [0, 0.1) is 0 Å². The number of fused-ring (bicyclic) bond motifs is 2. The van der Waals surface area contributed by atoms with E-state index in [1.807, 2.05) is 66.7 Å². The van der Waals surface area contributed by atoms with Gasteiger partial charge >= 0.3 is 0 Å². The number of nitrogens with one attached hydrogen (secondary N) is 2. The van der Waals surface area contributed by atoms with Crippen molar-refractivity contribution in [3.8, 4) is 5.75 Å². The van der Waals surface area contributed by atoms with Gasteiger partial charge in [-0.05, 0) is 84.4 Å². The lowest BCUT2D eigenvalue weighted by Crippen LogP contribution is -2.30. The molecule has 5 aromatic rings. The van der Waals surface area contributed by atoms with Crippen molar-refractivity contribution in [2.45, 2.75) is 14.7 Å². The Balaban J connectivity index is 1.14. The van der Waals surface area contributed by atoms with E-state index in [2.05, 4.69) is 10.6 Å². The quantitative estimate of drug-likeness (QED) is 0.125. The van der Waals surface area contributed by atoms with Crippen LogP contribution in [0.1, 0.15) is 15.9 Å². The predicted octanol–water partition coefficient (Wildman–Crippen LogP) is 8.03. The van der Waals surface area contributed by atoms with Crippen LogP contribution in [0.5, 0.6) is 5.75 Å². The lowest BCUT2D eigenvalue weighted by Gasteiger charge is -2.31. The fourth-order valence-corrected chi connectivity index (χ4v) is 6.63. The normalized spacial score (nSPS) is 12.0. The summed E-state index contributed by atoms with van der Waals surface area (Å²) in [6.45, 7) is 0. The summed E-state index contributed by atoms with van der Waals surface area (Å²) in [4.78, 5) is 44.7. The molecular weight excluding hydrogens is 615 g/mol. The molecule has 0 saturated heterocycles. The van der Waals surface area contributed by atoms with E-state index >= 15 is 0 Å². The molecule has 1 aliphatic heterocycles. The highest BCUT2D eigenvalue weighted by molar-refractivity contribution is 8.00. The fraction of sp³-hybridized carbons (Fsp3) is 0.0541. The summed E-state index contributed by atoms with van der Waals surface area (Å²) < 4.78 is 5.23. The largest absolute Gasteiger partial charge is 0.497 e. The second-order valence-corrected chi connectivity index (χ2v) is 12.3. The minimum absolute atomic E-state index is 0.0231. The van der Waals surface area contributed by atoms with E-state index in [4.69, 9.17) is 4.74 Å². The summed E-state index contributed by atoms with van der Waals surface area (Å²) >= 11 is 3.09. The Labute approximate surface area is 275 Å².